The summed E-state index contributed by atoms with van der Waals surface area (Å²) in [4.78, 5) is 20.6. The van der Waals surface area contributed by atoms with Crippen LogP contribution >= 0.6 is 0 Å². The third kappa shape index (κ3) is 3.61. The Balaban J connectivity index is 1.68. The van der Waals surface area contributed by atoms with Crippen molar-refractivity contribution in [3.05, 3.63) is 60.3 Å². The Kier molecular flexibility index (Phi) is 5.47. The summed E-state index contributed by atoms with van der Waals surface area (Å²) in [5.74, 6) is 0.452. The number of carbonyl (C=O) groups is 1. The highest BCUT2D eigenvalue weighted by Gasteiger charge is 2.26. The van der Waals surface area contributed by atoms with Crippen molar-refractivity contribution >= 4 is 22.8 Å². The molecule has 0 bridgehead atoms. The summed E-state index contributed by atoms with van der Waals surface area (Å²) in [6, 6.07) is 18.1. The molecule has 31 heavy (non-hydrogen) atoms. The smallest absolute Gasteiger partial charge is 0.357 e. The molecule has 1 aliphatic rings. The summed E-state index contributed by atoms with van der Waals surface area (Å²) >= 11 is 0. The molecule has 0 spiro atoms. The number of piperidine rings is 1. The molecule has 0 unspecified atom stereocenters. The molecule has 6 nitrogen and oxygen atoms in total. The lowest BCUT2D eigenvalue weighted by atomic mass is 10.1. The van der Waals surface area contributed by atoms with E-state index in [2.05, 4.69) is 21.6 Å². The second kappa shape index (κ2) is 8.55. The summed E-state index contributed by atoms with van der Waals surface area (Å²) in [5, 5.41) is 0. The number of para-hydroxylation sites is 2. The molecule has 0 N–H and O–H groups in total. The lowest BCUT2D eigenvalue weighted by Crippen LogP contribution is -2.32. The molecule has 2 aromatic carbocycles. The zero-order valence-corrected chi connectivity index (χ0v) is 18.0. The second-order valence-corrected chi connectivity index (χ2v) is 8.07. The van der Waals surface area contributed by atoms with E-state index in [4.69, 9.17) is 9.72 Å². The molecule has 0 radical (unpaired) electrons. The number of rotatable bonds is 6. The Hall–Kier alpha value is -3.12. The van der Waals surface area contributed by atoms with E-state index in [9.17, 15) is 4.79 Å². The molecule has 0 aliphatic carbocycles. The highest BCUT2D eigenvalue weighted by atomic mass is 16.5. The first-order valence-electron chi connectivity index (χ1n) is 11.2. The number of hydrogen-bond donors (Lipinski definition) is 0. The maximum Gasteiger partial charge on any atom is 0.357 e. The minimum absolute atomic E-state index is 0.327. The maximum absolute atomic E-state index is 13.1. The molecular weight excluding hydrogens is 388 g/mol. The van der Waals surface area contributed by atoms with Gasteiger partial charge >= 0.3 is 5.97 Å². The molecule has 0 atom stereocenters. The molecule has 0 saturated carbocycles. The van der Waals surface area contributed by atoms with Crippen LogP contribution < -0.4 is 0 Å². The highest BCUT2D eigenvalue weighted by molar-refractivity contribution is 5.98. The first kappa shape index (κ1) is 19.8. The quantitative estimate of drug-likeness (QED) is 0.431. The summed E-state index contributed by atoms with van der Waals surface area (Å²) in [5.41, 5.74) is 4.16. The van der Waals surface area contributed by atoms with E-state index in [0.717, 1.165) is 48.6 Å². The van der Waals surface area contributed by atoms with Crippen LogP contribution in [0.4, 0.5) is 0 Å². The average molecular weight is 417 g/mol. The lowest BCUT2D eigenvalue weighted by molar-refractivity contribution is 0.0519. The number of imidazole rings is 2. The fraction of sp³-hybridized carbons (Fsp3) is 0.360. The number of nitrogens with zero attached hydrogens (tertiary/aromatic N) is 4. The Bertz CT molecular complexity index is 1200. The Morgan fingerprint density at radius 3 is 2.39 bits per heavy atom. The van der Waals surface area contributed by atoms with Crippen molar-refractivity contribution < 1.29 is 9.53 Å². The van der Waals surface area contributed by atoms with Gasteiger partial charge in [-0.05, 0) is 45.0 Å². The van der Waals surface area contributed by atoms with Gasteiger partial charge in [0.05, 0.1) is 17.6 Å². The van der Waals surface area contributed by atoms with Gasteiger partial charge in [0.2, 0.25) is 5.78 Å². The van der Waals surface area contributed by atoms with E-state index in [1.807, 2.05) is 53.8 Å². The SMILES string of the molecule is CCOC(=O)c1c(-c2ccccc2)nc2n(CCN3CCCCC3)c3ccccc3n12. The van der Waals surface area contributed by atoms with E-state index >= 15 is 0 Å². The fourth-order valence-electron chi connectivity index (χ4n) is 4.64. The molecular formula is C25H28N4O2. The molecule has 6 heteroatoms. The topological polar surface area (TPSA) is 51.8 Å². The van der Waals surface area contributed by atoms with E-state index < -0.39 is 0 Å². The van der Waals surface area contributed by atoms with Crippen LogP contribution in [0.3, 0.4) is 0 Å². The van der Waals surface area contributed by atoms with Crippen LogP contribution in [0.15, 0.2) is 54.6 Å². The minimum Gasteiger partial charge on any atom is -0.461 e. The third-order valence-corrected chi connectivity index (χ3v) is 6.12. The van der Waals surface area contributed by atoms with Crippen LogP contribution in [0.1, 0.15) is 36.7 Å². The molecule has 4 aromatic rings. The van der Waals surface area contributed by atoms with Gasteiger partial charge < -0.3 is 14.2 Å². The molecule has 3 heterocycles. The van der Waals surface area contributed by atoms with E-state index in [1.165, 1.54) is 19.3 Å². The largest absolute Gasteiger partial charge is 0.461 e. The number of fused-ring (bicyclic) bond motifs is 3. The summed E-state index contributed by atoms with van der Waals surface area (Å²) in [6.45, 7) is 6.30. The first-order valence-corrected chi connectivity index (χ1v) is 11.2. The van der Waals surface area contributed by atoms with Crippen molar-refractivity contribution in [2.45, 2.75) is 32.7 Å². The monoisotopic (exact) mass is 416 g/mol. The van der Waals surface area contributed by atoms with E-state index in [-0.39, 0.29) is 5.97 Å². The zero-order valence-electron chi connectivity index (χ0n) is 18.0. The molecule has 5 rings (SSSR count). The molecule has 160 valence electrons. The standard InChI is InChI=1S/C25H28N4O2/c1-2-31-24(30)23-22(19-11-5-3-6-12-19)26-25-28(18-17-27-15-9-4-10-16-27)20-13-7-8-14-21(20)29(23)25/h3,5-8,11-14H,2,4,9-10,15-18H2,1H3. The van der Waals surface area contributed by atoms with Crippen molar-refractivity contribution in [3.63, 3.8) is 0 Å². The number of hydrogen-bond acceptors (Lipinski definition) is 4. The van der Waals surface area contributed by atoms with Crippen LogP contribution in [0.25, 0.3) is 28.1 Å². The van der Waals surface area contributed by atoms with Gasteiger partial charge in [-0.2, -0.15) is 0 Å². The highest BCUT2D eigenvalue weighted by Crippen LogP contribution is 2.30. The molecule has 1 fully saturated rings. The number of esters is 1. The number of carbonyl (C=O) groups excluding carboxylic acids is 1. The van der Waals surface area contributed by atoms with Gasteiger partial charge in [0, 0.05) is 18.7 Å². The van der Waals surface area contributed by atoms with E-state index in [1.54, 1.807) is 0 Å². The summed E-state index contributed by atoms with van der Waals surface area (Å²) < 4.78 is 9.68. The zero-order chi connectivity index (χ0) is 21.2. The third-order valence-electron chi connectivity index (χ3n) is 6.12. The minimum atomic E-state index is -0.340. The van der Waals surface area contributed by atoms with Crippen molar-refractivity contribution in [2.24, 2.45) is 0 Å². The average Bonchev–Trinajstić information content (AvgIpc) is 3.34. The Morgan fingerprint density at radius 1 is 0.935 bits per heavy atom. The van der Waals surface area contributed by atoms with Gasteiger partial charge in [0.1, 0.15) is 5.69 Å². The van der Waals surface area contributed by atoms with Gasteiger partial charge in [-0.3, -0.25) is 4.40 Å². The van der Waals surface area contributed by atoms with Gasteiger partial charge in [-0.1, -0.05) is 48.9 Å². The summed E-state index contributed by atoms with van der Waals surface area (Å²) in [7, 11) is 0. The van der Waals surface area contributed by atoms with Gasteiger partial charge in [-0.25, -0.2) is 9.78 Å². The normalized spacial score (nSPS) is 15.0. The van der Waals surface area contributed by atoms with Crippen LogP contribution in [0.5, 0.6) is 0 Å². The molecule has 0 amide bonds. The predicted octanol–water partition coefficient (Wildman–Crippen LogP) is 4.62. The number of aromatic nitrogens is 3. The first-order chi connectivity index (χ1) is 15.3. The number of benzene rings is 2. The fourth-order valence-corrected chi connectivity index (χ4v) is 4.64. The number of likely N-dealkylation sites (tertiary alicyclic amines) is 1. The van der Waals surface area contributed by atoms with Crippen LogP contribution in [-0.2, 0) is 11.3 Å². The number of ether oxygens (including phenoxy) is 1. The van der Waals surface area contributed by atoms with E-state index in [0.29, 0.717) is 18.0 Å². The van der Waals surface area contributed by atoms with Crippen LogP contribution in [0.2, 0.25) is 0 Å². The van der Waals surface area contributed by atoms with Gasteiger partial charge in [0.25, 0.3) is 0 Å². The van der Waals surface area contributed by atoms with Crippen molar-refractivity contribution in [3.8, 4) is 11.3 Å². The van der Waals surface area contributed by atoms with Crippen LogP contribution in [-0.4, -0.2) is 51.1 Å². The molecule has 1 aliphatic heterocycles. The van der Waals surface area contributed by atoms with Crippen molar-refractivity contribution in [2.75, 3.05) is 26.2 Å². The Morgan fingerprint density at radius 2 is 1.65 bits per heavy atom. The second-order valence-electron chi connectivity index (χ2n) is 8.07. The maximum atomic E-state index is 13.1. The summed E-state index contributed by atoms with van der Waals surface area (Å²) in [6.07, 6.45) is 3.88. The Labute approximate surface area is 182 Å². The van der Waals surface area contributed by atoms with Gasteiger partial charge in [-0.15, -0.1) is 0 Å². The predicted molar refractivity (Wildman–Crippen MR) is 122 cm³/mol. The van der Waals surface area contributed by atoms with Crippen molar-refractivity contribution in [1.82, 2.24) is 18.9 Å². The molecule has 2 aromatic heterocycles. The molecule has 1 saturated heterocycles. The van der Waals surface area contributed by atoms with Crippen LogP contribution in [0, 0.1) is 0 Å². The lowest BCUT2D eigenvalue weighted by Gasteiger charge is -2.26. The van der Waals surface area contributed by atoms with Gasteiger partial charge in [0.15, 0.2) is 5.69 Å². The van der Waals surface area contributed by atoms with Crippen molar-refractivity contribution in [1.29, 1.82) is 0 Å².